The molecule has 2 rings (SSSR count). The molecule has 1 aromatic carbocycles. The number of nitrogen functional groups attached to an aromatic ring is 1. The number of thioether (sulfide) groups is 1. The second-order valence-corrected chi connectivity index (χ2v) is 5.88. The van der Waals surface area contributed by atoms with Gasteiger partial charge in [-0.15, -0.1) is 0 Å². The Kier molecular flexibility index (Phi) is 4.11. The van der Waals surface area contributed by atoms with Crippen molar-refractivity contribution in [1.29, 1.82) is 0 Å². The molecule has 0 aliphatic carbocycles. The molecule has 1 fully saturated rings. The molecule has 2 nitrogen and oxygen atoms in total. The van der Waals surface area contributed by atoms with E-state index in [-0.39, 0.29) is 0 Å². The Hall–Kier alpha value is -0.250. The fourth-order valence-corrected chi connectivity index (χ4v) is 3.17. The summed E-state index contributed by atoms with van der Waals surface area (Å²) >= 11 is 13.8. The Morgan fingerprint density at radius 3 is 2.75 bits per heavy atom. The lowest BCUT2D eigenvalue weighted by molar-refractivity contribution is 0.685. The number of hydrogen-bond acceptors (Lipinski definition) is 3. The average Bonchev–Trinajstić information content (AvgIpc) is 2.27. The maximum absolute atomic E-state index is 5.97. The molecule has 0 aromatic heterocycles. The molecule has 1 aliphatic heterocycles. The van der Waals surface area contributed by atoms with Gasteiger partial charge in [-0.3, -0.25) is 0 Å². The first-order valence-electron chi connectivity index (χ1n) is 5.25. The smallest absolute Gasteiger partial charge is 0.0614 e. The zero-order valence-electron chi connectivity index (χ0n) is 8.80. The molecule has 1 saturated heterocycles. The lowest BCUT2D eigenvalue weighted by Crippen LogP contribution is -2.26. The van der Waals surface area contributed by atoms with Crippen LogP contribution in [-0.2, 0) is 0 Å². The molecular formula is C11H14Cl2N2S. The van der Waals surface area contributed by atoms with Crippen LogP contribution in [-0.4, -0.2) is 17.5 Å². The van der Waals surface area contributed by atoms with Crippen LogP contribution in [0.1, 0.15) is 12.8 Å². The predicted octanol–water partition coefficient (Wildman–Crippen LogP) is 3.88. The topological polar surface area (TPSA) is 38.0 Å². The van der Waals surface area contributed by atoms with Gasteiger partial charge in [0.2, 0.25) is 0 Å². The molecule has 0 radical (unpaired) electrons. The van der Waals surface area contributed by atoms with E-state index in [1.807, 2.05) is 11.8 Å². The highest BCUT2D eigenvalue weighted by Gasteiger charge is 2.15. The van der Waals surface area contributed by atoms with Gasteiger partial charge in [0, 0.05) is 11.8 Å². The Balaban J connectivity index is 2.11. The van der Waals surface area contributed by atoms with Gasteiger partial charge >= 0.3 is 0 Å². The van der Waals surface area contributed by atoms with Crippen LogP contribution in [0, 0.1) is 0 Å². The Morgan fingerprint density at radius 2 is 2.06 bits per heavy atom. The van der Waals surface area contributed by atoms with Crippen molar-refractivity contribution in [2.45, 2.75) is 18.9 Å². The molecule has 0 bridgehead atoms. The molecule has 1 unspecified atom stereocenters. The lowest BCUT2D eigenvalue weighted by atomic mass is 10.1. The van der Waals surface area contributed by atoms with Crippen molar-refractivity contribution >= 4 is 46.3 Å². The van der Waals surface area contributed by atoms with Crippen LogP contribution < -0.4 is 11.1 Å². The normalized spacial score (nSPS) is 20.8. The molecule has 3 N–H and O–H groups in total. The molecule has 88 valence electrons. The fourth-order valence-electron chi connectivity index (χ4n) is 1.76. The molecule has 1 aromatic rings. The summed E-state index contributed by atoms with van der Waals surface area (Å²) in [6.07, 6.45) is 2.44. The van der Waals surface area contributed by atoms with E-state index in [1.54, 1.807) is 12.1 Å². The maximum atomic E-state index is 5.97. The first-order chi connectivity index (χ1) is 7.66. The van der Waals surface area contributed by atoms with Crippen molar-refractivity contribution in [1.82, 2.24) is 0 Å². The molecule has 1 aliphatic rings. The average molecular weight is 277 g/mol. The molecule has 0 saturated carbocycles. The third kappa shape index (κ3) is 2.90. The summed E-state index contributed by atoms with van der Waals surface area (Å²) in [6.45, 7) is 0. The van der Waals surface area contributed by atoms with Crippen LogP contribution in [0.2, 0.25) is 10.0 Å². The monoisotopic (exact) mass is 276 g/mol. The van der Waals surface area contributed by atoms with Crippen molar-refractivity contribution in [2.24, 2.45) is 0 Å². The van der Waals surface area contributed by atoms with Crippen molar-refractivity contribution < 1.29 is 0 Å². The Labute approximate surface area is 110 Å². The quantitative estimate of drug-likeness (QED) is 0.805. The summed E-state index contributed by atoms with van der Waals surface area (Å²) in [5.74, 6) is 2.38. The predicted molar refractivity (Wildman–Crippen MR) is 74.8 cm³/mol. The first-order valence-corrected chi connectivity index (χ1v) is 7.16. The van der Waals surface area contributed by atoms with E-state index in [9.17, 15) is 0 Å². The van der Waals surface area contributed by atoms with Crippen LogP contribution >= 0.6 is 35.0 Å². The standard InChI is InChI=1S/C11H14Cl2N2S/c12-8-4-10(14)11(5-9(8)13)15-7-2-1-3-16-6-7/h4-5,7,15H,1-3,6,14H2. The summed E-state index contributed by atoms with van der Waals surface area (Å²) in [5, 5.41) is 4.47. The third-order valence-corrected chi connectivity index (χ3v) is 4.55. The molecule has 1 heterocycles. The SMILES string of the molecule is Nc1cc(Cl)c(Cl)cc1NC1CCCSC1. The van der Waals surface area contributed by atoms with Gasteiger partial charge in [0.15, 0.2) is 0 Å². The van der Waals surface area contributed by atoms with E-state index >= 15 is 0 Å². The van der Waals surface area contributed by atoms with Gasteiger partial charge in [0.25, 0.3) is 0 Å². The fraction of sp³-hybridized carbons (Fsp3) is 0.455. The molecule has 0 amide bonds. The summed E-state index contributed by atoms with van der Waals surface area (Å²) in [7, 11) is 0. The highest BCUT2D eigenvalue weighted by atomic mass is 35.5. The van der Waals surface area contributed by atoms with E-state index in [0.29, 0.717) is 21.8 Å². The number of hydrogen-bond donors (Lipinski definition) is 2. The molecule has 0 spiro atoms. The van der Waals surface area contributed by atoms with Gasteiger partial charge in [0.1, 0.15) is 0 Å². The van der Waals surface area contributed by atoms with Crippen LogP contribution in [0.5, 0.6) is 0 Å². The van der Waals surface area contributed by atoms with Crippen LogP contribution in [0.3, 0.4) is 0 Å². The Morgan fingerprint density at radius 1 is 1.31 bits per heavy atom. The highest BCUT2D eigenvalue weighted by molar-refractivity contribution is 7.99. The van der Waals surface area contributed by atoms with E-state index in [2.05, 4.69) is 5.32 Å². The van der Waals surface area contributed by atoms with Crippen LogP contribution in [0.25, 0.3) is 0 Å². The van der Waals surface area contributed by atoms with Crippen molar-refractivity contribution in [2.75, 3.05) is 22.6 Å². The summed E-state index contributed by atoms with van der Waals surface area (Å²) in [5.41, 5.74) is 7.44. The van der Waals surface area contributed by atoms with Gasteiger partial charge in [0.05, 0.1) is 21.4 Å². The summed E-state index contributed by atoms with van der Waals surface area (Å²) < 4.78 is 0. The lowest BCUT2D eigenvalue weighted by Gasteiger charge is -2.24. The number of halogens is 2. The molecule has 5 heteroatoms. The maximum Gasteiger partial charge on any atom is 0.0614 e. The van der Waals surface area contributed by atoms with Gasteiger partial charge < -0.3 is 11.1 Å². The largest absolute Gasteiger partial charge is 0.397 e. The van der Waals surface area contributed by atoms with Gasteiger partial charge in [-0.05, 0) is 30.7 Å². The van der Waals surface area contributed by atoms with E-state index < -0.39 is 0 Å². The van der Waals surface area contributed by atoms with E-state index in [0.717, 1.165) is 11.4 Å². The van der Waals surface area contributed by atoms with Crippen molar-refractivity contribution in [3.63, 3.8) is 0 Å². The highest BCUT2D eigenvalue weighted by Crippen LogP contribution is 2.32. The number of benzene rings is 1. The van der Waals surface area contributed by atoms with Gasteiger partial charge in [-0.1, -0.05) is 23.2 Å². The number of nitrogens with two attached hydrogens (primary N) is 1. The zero-order chi connectivity index (χ0) is 11.5. The second-order valence-electron chi connectivity index (χ2n) is 3.91. The molecule has 16 heavy (non-hydrogen) atoms. The van der Waals surface area contributed by atoms with Crippen LogP contribution in [0.15, 0.2) is 12.1 Å². The van der Waals surface area contributed by atoms with Crippen molar-refractivity contribution in [3.05, 3.63) is 22.2 Å². The summed E-state index contributed by atoms with van der Waals surface area (Å²) in [4.78, 5) is 0. The number of anilines is 2. The van der Waals surface area contributed by atoms with Crippen molar-refractivity contribution in [3.8, 4) is 0 Å². The molecule has 1 atom stereocenters. The third-order valence-electron chi connectivity index (χ3n) is 2.61. The summed E-state index contributed by atoms with van der Waals surface area (Å²) in [6, 6.07) is 3.99. The van der Waals surface area contributed by atoms with E-state index in [1.165, 1.54) is 18.6 Å². The van der Waals surface area contributed by atoms with Gasteiger partial charge in [-0.25, -0.2) is 0 Å². The second kappa shape index (κ2) is 5.39. The minimum absolute atomic E-state index is 0.485. The zero-order valence-corrected chi connectivity index (χ0v) is 11.1. The number of nitrogens with one attached hydrogen (secondary N) is 1. The Bertz CT molecular complexity index is 378. The van der Waals surface area contributed by atoms with E-state index in [4.69, 9.17) is 28.9 Å². The first kappa shape index (κ1) is 12.2. The van der Waals surface area contributed by atoms with Gasteiger partial charge in [-0.2, -0.15) is 11.8 Å². The van der Waals surface area contributed by atoms with Crippen LogP contribution in [0.4, 0.5) is 11.4 Å². The minimum atomic E-state index is 0.485. The molecular weight excluding hydrogens is 263 g/mol. The minimum Gasteiger partial charge on any atom is -0.397 e. The number of rotatable bonds is 2.